The molecule has 0 spiro atoms. The molecule has 0 unspecified atom stereocenters. The summed E-state index contributed by atoms with van der Waals surface area (Å²) in [5.74, 6) is -0.101. The maximum Gasteiger partial charge on any atom is 0.283 e. The second kappa shape index (κ2) is 5.45. The van der Waals surface area contributed by atoms with Crippen molar-refractivity contribution in [1.29, 1.82) is 0 Å². The van der Waals surface area contributed by atoms with Crippen LogP contribution in [-0.2, 0) is 11.3 Å². The Labute approximate surface area is 115 Å². The average molecular weight is 292 g/mol. The van der Waals surface area contributed by atoms with E-state index in [1.165, 1.54) is 4.68 Å². The lowest BCUT2D eigenvalue weighted by Gasteiger charge is -2.10. The highest BCUT2D eigenvalue weighted by molar-refractivity contribution is 6.32. The molecule has 0 aliphatic heterocycles. The van der Waals surface area contributed by atoms with Crippen LogP contribution in [0.5, 0.6) is 0 Å². The lowest BCUT2D eigenvalue weighted by Crippen LogP contribution is -2.33. The van der Waals surface area contributed by atoms with Crippen LogP contribution in [0.4, 0.5) is 8.78 Å². The molecule has 1 aromatic heterocycles. The van der Waals surface area contributed by atoms with Gasteiger partial charge in [0.2, 0.25) is 5.91 Å². The van der Waals surface area contributed by atoms with Crippen molar-refractivity contribution < 1.29 is 13.6 Å². The van der Waals surface area contributed by atoms with E-state index < -0.39 is 12.1 Å². The Morgan fingerprint density at radius 2 is 2.16 bits per heavy atom. The van der Waals surface area contributed by atoms with Crippen molar-refractivity contribution in [2.24, 2.45) is 0 Å². The second-order valence-electron chi connectivity index (χ2n) is 5.04. The fourth-order valence-electron chi connectivity index (χ4n) is 1.98. The summed E-state index contributed by atoms with van der Waals surface area (Å²) in [5, 5.41) is 6.51. The molecular formula is C12H16ClF2N3O. The molecule has 2 rings (SSSR count). The number of nitrogens with one attached hydrogen (secondary N) is 1. The maximum absolute atomic E-state index is 12.8. The average Bonchev–Trinajstić information content (AvgIpc) is 3.03. The van der Waals surface area contributed by atoms with E-state index in [0.717, 1.165) is 12.8 Å². The topological polar surface area (TPSA) is 46.9 Å². The molecule has 1 aliphatic rings. The lowest BCUT2D eigenvalue weighted by molar-refractivity contribution is -0.122. The van der Waals surface area contributed by atoms with Crippen molar-refractivity contribution in [1.82, 2.24) is 15.1 Å². The molecule has 1 aliphatic carbocycles. The summed E-state index contributed by atoms with van der Waals surface area (Å²) >= 11 is 5.95. The van der Waals surface area contributed by atoms with Crippen molar-refractivity contribution in [3.8, 4) is 0 Å². The predicted molar refractivity (Wildman–Crippen MR) is 67.4 cm³/mol. The third kappa shape index (κ3) is 3.23. The molecule has 1 amide bonds. The number of alkyl halides is 2. The van der Waals surface area contributed by atoms with Crippen LogP contribution in [0.1, 0.15) is 50.4 Å². The molecule has 0 saturated heterocycles. The van der Waals surface area contributed by atoms with Crippen LogP contribution in [0.25, 0.3) is 0 Å². The van der Waals surface area contributed by atoms with Gasteiger partial charge in [-0.15, -0.1) is 0 Å². The standard InChI is InChI=1S/C12H16ClF2N3O/c1-6(2)16-8(19)5-18-11(7-3-4-7)9(13)10(17-18)12(14)15/h6-7,12H,3-5H2,1-2H3,(H,16,19). The van der Waals surface area contributed by atoms with Crippen LogP contribution in [0.2, 0.25) is 5.02 Å². The van der Waals surface area contributed by atoms with Gasteiger partial charge in [-0.25, -0.2) is 8.78 Å². The van der Waals surface area contributed by atoms with Crippen LogP contribution < -0.4 is 5.32 Å². The minimum absolute atomic E-state index is 0.00233. The van der Waals surface area contributed by atoms with Gasteiger partial charge in [-0.1, -0.05) is 11.6 Å². The van der Waals surface area contributed by atoms with Crippen LogP contribution in [-0.4, -0.2) is 21.7 Å². The molecule has 1 heterocycles. The molecule has 4 nitrogen and oxygen atoms in total. The first-order valence-electron chi connectivity index (χ1n) is 6.23. The van der Waals surface area contributed by atoms with Gasteiger partial charge < -0.3 is 5.32 Å². The molecule has 1 saturated carbocycles. The van der Waals surface area contributed by atoms with E-state index in [1.54, 1.807) is 0 Å². The van der Waals surface area contributed by atoms with Crippen molar-refractivity contribution in [2.45, 2.75) is 51.6 Å². The van der Waals surface area contributed by atoms with Crippen molar-refractivity contribution >= 4 is 17.5 Å². The van der Waals surface area contributed by atoms with Gasteiger partial charge in [-0.2, -0.15) is 5.10 Å². The fraction of sp³-hybridized carbons (Fsp3) is 0.667. The summed E-state index contributed by atoms with van der Waals surface area (Å²) in [6.45, 7) is 3.59. The molecule has 1 fully saturated rings. The summed E-state index contributed by atoms with van der Waals surface area (Å²) in [4.78, 5) is 11.7. The number of halogens is 3. The number of nitrogens with zero attached hydrogens (tertiary/aromatic N) is 2. The predicted octanol–water partition coefficient (Wildman–Crippen LogP) is 2.88. The quantitative estimate of drug-likeness (QED) is 0.907. The highest BCUT2D eigenvalue weighted by Crippen LogP contribution is 2.45. The van der Waals surface area contributed by atoms with Crippen LogP contribution in [0.3, 0.4) is 0 Å². The number of carbonyl (C=O) groups is 1. The van der Waals surface area contributed by atoms with Crippen LogP contribution in [0.15, 0.2) is 0 Å². The summed E-state index contributed by atoms with van der Waals surface area (Å²) < 4.78 is 26.9. The van der Waals surface area contributed by atoms with Crippen LogP contribution >= 0.6 is 11.6 Å². The molecule has 19 heavy (non-hydrogen) atoms. The lowest BCUT2D eigenvalue weighted by atomic mass is 10.2. The Bertz CT molecular complexity index is 484. The molecule has 0 bridgehead atoms. The first kappa shape index (κ1) is 14.2. The van der Waals surface area contributed by atoms with Gasteiger partial charge >= 0.3 is 0 Å². The zero-order chi connectivity index (χ0) is 14.2. The fourth-order valence-corrected chi connectivity index (χ4v) is 2.35. The van der Waals surface area contributed by atoms with Crippen molar-refractivity contribution in [2.75, 3.05) is 0 Å². The summed E-state index contributed by atoms with van der Waals surface area (Å²) in [7, 11) is 0. The number of rotatable bonds is 5. The van der Waals surface area contributed by atoms with E-state index in [9.17, 15) is 13.6 Å². The number of hydrogen-bond acceptors (Lipinski definition) is 2. The highest BCUT2D eigenvalue weighted by atomic mass is 35.5. The smallest absolute Gasteiger partial charge is 0.283 e. The summed E-state index contributed by atoms with van der Waals surface area (Å²) in [6.07, 6.45) is -0.917. The molecular weight excluding hydrogens is 276 g/mol. The zero-order valence-corrected chi connectivity index (χ0v) is 11.5. The largest absolute Gasteiger partial charge is 0.352 e. The highest BCUT2D eigenvalue weighted by Gasteiger charge is 2.34. The van der Waals surface area contributed by atoms with Gasteiger partial charge in [-0.05, 0) is 26.7 Å². The Morgan fingerprint density at radius 1 is 1.53 bits per heavy atom. The van der Waals surface area contributed by atoms with Gasteiger partial charge in [0.15, 0.2) is 0 Å². The molecule has 0 radical (unpaired) electrons. The van der Waals surface area contributed by atoms with Gasteiger partial charge in [0.05, 0.1) is 10.7 Å². The van der Waals surface area contributed by atoms with Crippen molar-refractivity contribution in [3.63, 3.8) is 0 Å². The van der Waals surface area contributed by atoms with Gasteiger partial charge in [0, 0.05) is 12.0 Å². The molecule has 7 heteroatoms. The number of carbonyl (C=O) groups excluding carboxylic acids is 1. The monoisotopic (exact) mass is 291 g/mol. The van der Waals surface area contributed by atoms with E-state index in [0.29, 0.717) is 5.69 Å². The molecule has 1 aromatic rings. The van der Waals surface area contributed by atoms with E-state index in [-0.39, 0.29) is 29.4 Å². The van der Waals surface area contributed by atoms with Gasteiger partial charge in [-0.3, -0.25) is 9.48 Å². The number of amides is 1. The van der Waals surface area contributed by atoms with E-state index >= 15 is 0 Å². The molecule has 0 aromatic carbocycles. The van der Waals surface area contributed by atoms with Gasteiger partial charge in [0.1, 0.15) is 12.2 Å². The van der Waals surface area contributed by atoms with E-state index in [1.807, 2.05) is 13.8 Å². The minimum Gasteiger partial charge on any atom is -0.352 e. The van der Waals surface area contributed by atoms with Crippen LogP contribution in [0, 0.1) is 0 Å². The number of aromatic nitrogens is 2. The molecule has 106 valence electrons. The Hall–Kier alpha value is -1.17. The maximum atomic E-state index is 12.8. The first-order valence-corrected chi connectivity index (χ1v) is 6.61. The normalized spacial score (nSPS) is 15.3. The third-order valence-corrected chi connectivity index (χ3v) is 3.26. The minimum atomic E-state index is -2.72. The zero-order valence-electron chi connectivity index (χ0n) is 10.8. The Morgan fingerprint density at radius 3 is 2.63 bits per heavy atom. The molecule has 0 atom stereocenters. The SMILES string of the molecule is CC(C)NC(=O)Cn1nc(C(F)F)c(Cl)c1C1CC1. The Kier molecular flexibility index (Phi) is 4.08. The second-order valence-corrected chi connectivity index (χ2v) is 5.42. The Balaban J connectivity index is 2.23. The first-order chi connectivity index (χ1) is 8.90. The van der Waals surface area contributed by atoms with Crippen molar-refractivity contribution in [3.05, 3.63) is 16.4 Å². The third-order valence-electron chi connectivity index (χ3n) is 2.87. The molecule has 1 N–H and O–H groups in total. The van der Waals surface area contributed by atoms with E-state index in [2.05, 4.69) is 10.4 Å². The number of hydrogen-bond donors (Lipinski definition) is 1. The summed E-state index contributed by atoms with van der Waals surface area (Å²) in [5.41, 5.74) is 0.136. The van der Waals surface area contributed by atoms with E-state index in [4.69, 9.17) is 11.6 Å². The van der Waals surface area contributed by atoms with Gasteiger partial charge in [0.25, 0.3) is 6.43 Å². The summed E-state index contributed by atoms with van der Waals surface area (Å²) in [6, 6.07) is -0.00233.